The molecule has 1 aromatic heterocycles. The van der Waals surface area contributed by atoms with Crippen LogP contribution in [0.15, 0.2) is 60.8 Å². The van der Waals surface area contributed by atoms with E-state index in [0.29, 0.717) is 23.0 Å². The molecule has 0 spiro atoms. The molecule has 0 unspecified atom stereocenters. The molecule has 2 aromatic carbocycles. The molecule has 0 saturated carbocycles. The van der Waals surface area contributed by atoms with Crippen LogP contribution in [0, 0.1) is 5.82 Å². The molecule has 1 fully saturated rings. The number of anilines is 3. The molecule has 31 heavy (non-hydrogen) atoms. The number of aromatic nitrogens is 1. The topological polar surface area (TPSA) is 92.1 Å². The van der Waals surface area contributed by atoms with Gasteiger partial charge in [0, 0.05) is 30.1 Å². The third kappa shape index (κ3) is 5.19. The Bertz CT molecular complexity index is 1070. The number of rotatable bonds is 7. The van der Waals surface area contributed by atoms with Gasteiger partial charge in [0.15, 0.2) is 0 Å². The number of nitrogens with zero attached hydrogens (tertiary/aromatic N) is 1. The van der Waals surface area contributed by atoms with Gasteiger partial charge in [0.05, 0.1) is 11.3 Å². The van der Waals surface area contributed by atoms with Crippen molar-refractivity contribution in [1.29, 1.82) is 0 Å². The van der Waals surface area contributed by atoms with Crippen molar-refractivity contribution in [3.8, 4) is 0 Å². The SMILES string of the molecule is NC(=O)c1cnc(Nc2cccc(C3CCNCC3)c2)cc1NCc1ccccc1F. The lowest BCUT2D eigenvalue weighted by Crippen LogP contribution is -2.26. The molecule has 1 aliphatic rings. The first-order valence-electron chi connectivity index (χ1n) is 10.4. The molecule has 7 heteroatoms. The van der Waals surface area contributed by atoms with Gasteiger partial charge in [-0.05, 0) is 55.6 Å². The minimum Gasteiger partial charge on any atom is -0.380 e. The Labute approximate surface area is 181 Å². The number of halogens is 1. The Kier molecular flexibility index (Phi) is 6.43. The molecular formula is C24H26FN5O. The van der Waals surface area contributed by atoms with Crippen LogP contribution in [0.5, 0.6) is 0 Å². The summed E-state index contributed by atoms with van der Waals surface area (Å²) < 4.78 is 13.9. The van der Waals surface area contributed by atoms with E-state index in [4.69, 9.17) is 5.73 Å². The lowest BCUT2D eigenvalue weighted by Gasteiger charge is -2.23. The minimum absolute atomic E-state index is 0.224. The van der Waals surface area contributed by atoms with Crippen LogP contribution < -0.4 is 21.7 Å². The zero-order valence-electron chi connectivity index (χ0n) is 17.2. The van der Waals surface area contributed by atoms with E-state index in [1.165, 1.54) is 17.8 Å². The second-order valence-corrected chi connectivity index (χ2v) is 7.70. The highest BCUT2D eigenvalue weighted by atomic mass is 19.1. The number of primary amides is 1. The quantitative estimate of drug-likeness (QED) is 0.462. The predicted molar refractivity (Wildman–Crippen MR) is 121 cm³/mol. The van der Waals surface area contributed by atoms with Gasteiger partial charge in [-0.15, -0.1) is 0 Å². The Morgan fingerprint density at radius 2 is 1.94 bits per heavy atom. The summed E-state index contributed by atoms with van der Waals surface area (Å²) in [6.45, 7) is 2.30. The number of piperidine rings is 1. The van der Waals surface area contributed by atoms with Crippen LogP contribution in [-0.2, 0) is 6.54 Å². The van der Waals surface area contributed by atoms with E-state index in [-0.39, 0.29) is 17.9 Å². The van der Waals surface area contributed by atoms with Gasteiger partial charge in [0.2, 0.25) is 0 Å². The van der Waals surface area contributed by atoms with Crippen LogP contribution in [0.1, 0.15) is 40.2 Å². The third-order valence-corrected chi connectivity index (χ3v) is 5.57. The van der Waals surface area contributed by atoms with Crippen molar-refractivity contribution < 1.29 is 9.18 Å². The molecule has 0 aliphatic carbocycles. The van der Waals surface area contributed by atoms with E-state index in [0.717, 1.165) is 31.6 Å². The molecule has 4 rings (SSSR count). The Morgan fingerprint density at radius 3 is 2.71 bits per heavy atom. The summed E-state index contributed by atoms with van der Waals surface area (Å²) in [6.07, 6.45) is 3.68. The molecule has 0 bridgehead atoms. The van der Waals surface area contributed by atoms with Crippen molar-refractivity contribution >= 4 is 23.1 Å². The highest BCUT2D eigenvalue weighted by Gasteiger charge is 2.16. The zero-order chi connectivity index (χ0) is 21.6. The average Bonchev–Trinajstić information content (AvgIpc) is 2.79. The molecule has 1 saturated heterocycles. The summed E-state index contributed by atoms with van der Waals surface area (Å²) in [7, 11) is 0. The molecule has 5 N–H and O–H groups in total. The van der Waals surface area contributed by atoms with Gasteiger partial charge < -0.3 is 21.7 Å². The first-order valence-corrected chi connectivity index (χ1v) is 10.4. The van der Waals surface area contributed by atoms with Gasteiger partial charge in [0.1, 0.15) is 11.6 Å². The van der Waals surface area contributed by atoms with Gasteiger partial charge in [-0.3, -0.25) is 4.79 Å². The van der Waals surface area contributed by atoms with E-state index >= 15 is 0 Å². The van der Waals surface area contributed by atoms with Gasteiger partial charge >= 0.3 is 0 Å². The van der Waals surface area contributed by atoms with E-state index in [1.54, 1.807) is 24.3 Å². The van der Waals surface area contributed by atoms with Crippen molar-refractivity contribution in [3.05, 3.63) is 83.3 Å². The van der Waals surface area contributed by atoms with E-state index in [9.17, 15) is 9.18 Å². The maximum Gasteiger partial charge on any atom is 0.252 e. The van der Waals surface area contributed by atoms with Crippen molar-refractivity contribution in [2.45, 2.75) is 25.3 Å². The highest BCUT2D eigenvalue weighted by molar-refractivity contribution is 5.98. The molecule has 2 heterocycles. The van der Waals surface area contributed by atoms with Crippen LogP contribution in [0.4, 0.5) is 21.6 Å². The summed E-state index contributed by atoms with van der Waals surface area (Å²) in [5, 5.41) is 9.81. The average molecular weight is 420 g/mol. The number of carbonyl (C=O) groups is 1. The number of amides is 1. The van der Waals surface area contributed by atoms with Crippen molar-refractivity contribution in [2.75, 3.05) is 23.7 Å². The zero-order valence-corrected chi connectivity index (χ0v) is 17.2. The van der Waals surface area contributed by atoms with Crippen LogP contribution in [-0.4, -0.2) is 24.0 Å². The Hall–Kier alpha value is -3.45. The van der Waals surface area contributed by atoms with Crippen LogP contribution in [0.3, 0.4) is 0 Å². The number of pyridine rings is 1. The van der Waals surface area contributed by atoms with Crippen LogP contribution >= 0.6 is 0 Å². The monoisotopic (exact) mass is 419 g/mol. The smallest absolute Gasteiger partial charge is 0.252 e. The van der Waals surface area contributed by atoms with Gasteiger partial charge in [-0.25, -0.2) is 9.37 Å². The fraction of sp³-hybridized carbons (Fsp3) is 0.250. The third-order valence-electron chi connectivity index (χ3n) is 5.57. The van der Waals surface area contributed by atoms with Crippen molar-refractivity contribution in [1.82, 2.24) is 10.3 Å². The maximum atomic E-state index is 13.9. The Balaban J connectivity index is 1.53. The first-order chi connectivity index (χ1) is 15.1. The molecule has 0 radical (unpaired) electrons. The minimum atomic E-state index is -0.594. The van der Waals surface area contributed by atoms with Crippen LogP contribution in [0.2, 0.25) is 0 Å². The van der Waals surface area contributed by atoms with E-state index in [1.807, 2.05) is 12.1 Å². The van der Waals surface area contributed by atoms with E-state index < -0.39 is 5.91 Å². The fourth-order valence-electron chi connectivity index (χ4n) is 3.87. The number of hydrogen-bond donors (Lipinski definition) is 4. The van der Waals surface area contributed by atoms with Gasteiger partial charge in [0.25, 0.3) is 5.91 Å². The maximum absolute atomic E-state index is 13.9. The second-order valence-electron chi connectivity index (χ2n) is 7.70. The molecule has 160 valence electrons. The normalized spacial score (nSPS) is 14.2. The molecule has 0 atom stereocenters. The molecular weight excluding hydrogens is 393 g/mol. The number of benzene rings is 2. The summed E-state index contributed by atoms with van der Waals surface area (Å²) in [4.78, 5) is 16.2. The first kappa shape index (κ1) is 20.8. The molecule has 3 aromatic rings. The summed E-state index contributed by atoms with van der Waals surface area (Å²) >= 11 is 0. The standard InChI is InChI=1S/C24H26FN5O/c25-21-7-2-1-4-18(21)14-28-22-13-23(29-15-20(22)24(26)31)30-19-6-3-5-17(12-19)16-8-10-27-11-9-16/h1-7,12-13,15-16,27H,8-11,14H2,(H2,26,31)(H2,28,29,30). The number of carbonyl (C=O) groups excluding carboxylic acids is 1. The largest absolute Gasteiger partial charge is 0.380 e. The van der Waals surface area contributed by atoms with Gasteiger partial charge in [-0.2, -0.15) is 0 Å². The lowest BCUT2D eigenvalue weighted by atomic mass is 9.90. The summed E-state index contributed by atoms with van der Waals surface area (Å²) in [6, 6.07) is 16.6. The van der Waals surface area contributed by atoms with E-state index in [2.05, 4.69) is 33.1 Å². The molecule has 6 nitrogen and oxygen atoms in total. The summed E-state index contributed by atoms with van der Waals surface area (Å²) in [5.74, 6) is 0.218. The Morgan fingerprint density at radius 1 is 1.13 bits per heavy atom. The highest BCUT2D eigenvalue weighted by Crippen LogP contribution is 2.28. The van der Waals surface area contributed by atoms with Crippen LogP contribution in [0.25, 0.3) is 0 Å². The summed E-state index contributed by atoms with van der Waals surface area (Å²) in [5.41, 5.74) is 8.99. The number of nitrogens with one attached hydrogen (secondary N) is 3. The predicted octanol–water partition coefficient (Wildman–Crippen LogP) is 4.14. The lowest BCUT2D eigenvalue weighted by molar-refractivity contribution is 0.100. The number of nitrogens with two attached hydrogens (primary N) is 1. The second kappa shape index (κ2) is 9.57. The molecule has 1 aliphatic heterocycles. The molecule has 1 amide bonds. The fourth-order valence-corrected chi connectivity index (χ4v) is 3.87. The van der Waals surface area contributed by atoms with Crippen molar-refractivity contribution in [3.63, 3.8) is 0 Å². The number of hydrogen-bond acceptors (Lipinski definition) is 5. The van der Waals surface area contributed by atoms with Gasteiger partial charge in [-0.1, -0.05) is 30.3 Å². The van der Waals surface area contributed by atoms with Crippen molar-refractivity contribution in [2.24, 2.45) is 5.73 Å².